The largest absolute Gasteiger partial charge is 0.505 e. The molecule has 62 heavy (non-hydrogen) atoms. The van der Waals surface area contributed by atoms with Gasteiger partial charge in [-0.25, -0.2) is 0 Å². The first-order valence-electron chi connectivity index (χ1n) is 19.1. The number of phenols is 2. The Kier molecular flexibility index (Phi) is 13.6. The lowest BCUT2D eigenvalue weighted by atomic mass is 9.76. The maximum atomic E-state index is 13.2. The molecule has 0 aliphatic rings. The minimum atomic E-state index is -5.13. The van der Waals surface area contributed by atoms with Gasteiger partial charge in [0.25, 0.3) is 26.1 Å². The van der Waals surface area contributed by atoms with E-state index in [1.807, 2.05) is 12.1 Å². The molecule has 5 aromatic carbocycles. The number of benzene rings is 5. The lowest BCUT2D eigenvalue weighted by Crippen LogP contribution is -2.24. The number of hydrogen-bond acceptors (Lipinski definition) is 12. The van der Waals surface area contributed by atoms with E-state index >= 15 is 0 Å². The number of hydrogen-bond donors (Lipinski definition) is 6. The Bertz CT molecular complexity index is 2840. The van der Waals surface area contributed by atoms with E-state index in [2.05, 4.69) is 68.5 Å². The van der Waals surface area contributed by atoms with Gasteiger partial charge in [-0.2, -0.15) is 21.9 Å². The van der Waals surface area contributed by atoms with Crippen LogP contribution >= 0.6 is 11.6 Å². The van der Waals surface area contributed by atoms with Crippen molar-refractivity contribution >= 4 is 77.2 Å². The monoisotopic (exact) mass is 910 g/mol. The zero-order valence-electron chi connectivity index (χ0n) is 35.1. The van der Waals surface area contributed by atoms with Crippen molar-refractivity contribution in [2.24, 2.45) is 10.2 Å². The third-order valence-electron chi connectivity index (χ3n) is 10.7. The van der Waals surface area contributed by atoms with E-state index in [0.717, 1.165) is 49.1 Å². The molecular formula is C43H47ClN4O12S2. The molecule has 19 heteroatoms. The summed E-state index contributed by atoms with van der Waals surface area (Å²) < 4.78 is 80.3. The minimum Gasteiger partial charge on any atom is -0.505 e. The van der Waals surface area contributed by atoms with Crippen LogP contribution in [0.4, 0.5) is 22.7 Å². The number of nitrogens with zero attached hydrogens (tertiary/aromatic N) is 2. The molecule has 0 fully saturated rings. The first-order valence-corrected chi connectivity index (χ1v) is 22.4. The van der Waals surface area contributed by atoms with Gasteiger partial charge >= 0.3 is 0 Å². The summed E-state index contributed by atoms with van der Waals surface area (Å²) in [7, 11) is -9.99. The third-order valence-corrected chi connectivity index (χ3v) is 12.8. The van der Waals surface area contributed by atoms with Gasteiger partial charge in [0.05, 0.1) is 27.0 Å². The SMILES string of the molecule is CCC(C)(C)c1ccc(OCC(=O)Nc2cc(Oc3ccc(/N=N/c4c(S(=O)(=O)O)cc5cc(S(=O)(=O)O)cc(NC(C)=O)c5c4O)cc3)c(C)c(Cl)c2O)c(C(C)(C)CC)c1. The summed E-state index contributed by atoms with van der Waals surface area (Å²) in [6.07, 6.45) is 1.77. The number of fused-ring (bicyclic) bond motifs is 1. The van der Waals surface area contributed by atoms with Crippen LogP contribution in [0.25, 0.3) is 10.8 Å². The van der Waals surface area contributed by atoms with Gasteiger partial charge < -0.3 is 30.3 Å². The van der Waals surface area contributed by atoms with Gasteiger partial charge in [-0.15, -0.1) is 5.11 Å². The molecule has 0 unspecified atom stereocenters. The Morgan fingerprint density at radius 2 is 1.42 bits per heavy atom. The highest BCUT2D eigenvalue weighted by Crippen LogP contribution is 2.46. The number of amides is 2. The standard InChI is InChI=1S/C43H47ClN4O12S2/c1-9-42(5,6)26-11-16-33(30(19-26)43(7,8)10-2)59-22-36(50)46-32-21-34(23(3)38(44)40(32)51)60-28-14-12-27(13-15-28)47-48-39-35(62(56,57)58)18-25-17-29(61(53,54)55)20-31(45-24(4)49)37(25)41(39)52/h11-21,51-52H,9-10,22H2,1-8H3,(H,45,49)(H,46,50)(H,53,54,55)(H,56,57,58)/b48-47+. The second-order valence-corrected chi connectivity index (χ2v) is 19.0. The van der Waals surface area contributed by atoms with E-state index in [0.29, 0.717) is 11.3 Å². The fourth-order valence-corrected chi connectivity index (χ4v) is 7.64. The van der Waals surface area contributed by atoms with Crippen molar-refractivity contribution in [1.82, 2.24) is 0 Å². The molecule has 2 amide bonds. The average Bonchev–Trinajstić information content (AvgIpc) is 3.19. The Balaban J connectivity index is 1.39. The van der Waals surface area contributed by atoms with E-state index in [1.54, 1.807) is 6.92 Å². The van der Waals surface area contributed by atoms with Crippen molar-refractivity contribution in [3.63, 3.8) is 0 Å². The third kappa shape index (κ3) is 10.4. The van der Waals surface area contributed by atoms with E-state index in [-0.39, 0.29) is 67.5 Å². The second kappa shape index (κ2) is 17.9. The maximum Gasteiger partial charge on any atom is 0.296 e. The van der Waals surface area contributed by atoms with E-state index in [1.165, 1.54) is 30.3 Å². The van der Waals surface area contributed by atoms with Gasteiger partial charge in [0.15, 0.2) is 18.1 Å². The fourth-order valence-electron chi connectivity index (χ4n) is 6.25. The number of halogens is 1. The van der Waals surface area contributed by atoms with E-state index < -0.39 is 53.3 Å². The van der Waals surface area contributed by atoms with Crippen LogP contribution in [0.3, 0.4) is 0 Å². The quantitative estimate of drug-likeness (QED) is 0.0326. The number of carbonyl (C=O) groups excluding carboxylic acids is 2. The lowest BCUT2D eigenvalue weighted by molar-refractivity contribution is -0.118. The second-order valence-electron chi connectivity index (χ2n) is 15.8. The van der Waals surface area contributed by atoms with Crippen LogP contribution in [0.1, 0.15) is 78.0 Å². The number of phenolic OH excluding ortho intramolecular Hbond substituents is 2. The molecule has 0 aromatic heterocycles. The molecule has 0 saturated carbocycles. The molecule has 0 aliphatic carbocycles. The van der Waals surface area contributed by atoms with Crippen molar-refractivity contribution in [3.8, 4) is 28.7 Å². The number of rotatable bonds is 15. The Labute approximate surface area is 364 Å². The topological polar surface area (TPSA) is 251 Å². The average molecular weight is 911 g/mol. The molecule has 0 radical (unpaired) electrons. The van der Waals surface area contributed by atoms with Crippen LogP contribution in [0.5, 0.6) is 28.7 Å². The first-order chi connectivity index (χ1) is 28.8. The Hall–Kier alpha value is -5.79. The van der Waals surface area contributed by atoms with Crippen LogP contribution in [-0.2, 0) is 40.7 Å². The first kappa shape index (κ1) is 47.3. The molecule has 0 spiro atoms. The zero-order valence-corrected chi connectivity index (χ0v) is 37.5. The predicted molar refractivity (Wildman–Crippen MR) is 235 cm³/mol. The van der Waals surface area contributed by atoms with E-state index in [9.17, 15) is 45.7 Å². The van der Waals surface area contributed by atoms with Gasteiger partial charge in [-0.1, -0.05) is 65.3 Å². The van der Waals surface area contributed by atoms with Gasteiger partial charge in [0.2, 0.25) is 5.91 Å². The van der Waals surface area contributed by atoms with Crippen molar-refractivity contribution in [2.45, 2.75) is 88.9 Å². The number of anilines is 2. The molecule has 5 aromatic rings. The van der Waals surface area contributed by atoms with Crippen molar-refractivity contribution in [2.75, 3.05) is 17.2 Å². The molecular weight excluding hydrogens is 864 g/mol. The molecule has 0 heterocycles. The van der Waals surface area contributed by atoms with Crippen molar-refractivity contribution in [1.29, 1.82) is 0 Å². The number of aromatic hydroxyl groups is 2. The summed E-state index contributed by atoms with van der Waals surface area (Å²) in [4.78, 5) is 23.4. The van der Waals surface area contributed by atoms with Crippen molar-refractivity contribution < 1.29 is 55.2 Å². The molecule has 0 bridgehead atoms. The summed E-state index contributed by atoms with van der Waals surface area (Å²) in [5.41, 5.74) is 1.18. The minimum absolute atomic E-state index is 0.0375. The van der Waals surface area contributed by atoms with Crippen molar-refractivity contribution in [3.05, 3.63) is 88.4 Å². The molecule has 330 valence electrons. The van der Waals surface area contributed by atoms with Crippen LogP contribution in [0.2, 0.25) is 5.02 Å². The highest BCUT2D eigenvalue weighted by molar-refractivity contribution is 7.86. The molecule has 6 N–H and O–H groups in total. The summed E-state index contributed by atoms with van der Waals surface area (Å²) in [6.45, 7) is 15.1. The number of azo groups is 1. The molecule has 0 aliphatic heterocycles. The fraction of sp³-hybridized carbons (Fsp3) is 0.302. The summed E-state index contributed by atoms with van der Waals surface area (Å²) in [5, 5.41) is 34.2. The normalized spacial score (nSPS) is 12.4. The van der Waals surface area contributed by atoms with Crippen LogP contribution in [-0.4, -0.2) is 54.6 Å². The smallest absolute Gasteiger partial charge is 0.296 e. The summed E-state index contributed by atoms with van der Waals surface area (Å²) in [6, 6.07) is 15.6. The van der Waals surface area contributed by atoms with E-state index in [4.69, 9.17) is 21.1 Å². The maximum absolute atomic E-state index is 13.2. The molecule has 5 rings (SSSR count). The van der Waals surface area contributed by atoms with Gasteiger partial charge in [-0.05, 0) is 90.1 Å². The van der Waals surface area contributed by atoms with Gasteiger partial charge in [-0.3, -0.25) is 18.7 Å². The molecule has 0 atom stereocenters. The summed E-state index contributed by atoms with van der Waals surface area (Å²) in [5.74, 6) is -1.57. The van der Waals surface area contributed by atoms with Crippen LogP contribution in [0.15, 0.2) is 86.7 Å². The van der Waals surface area contributed by atoms with Gasteiger partial charge in [0.1, 0.15) is 27.8 Å². The Morgan fingerprint density at radius 3 is 2.00 bits per heavy atom. The molecule has 0 saturated heterocycles. The number of ether oxygens (including phenoxy) is 2. The predicted octanol–water partition coefficient (Wildman–Crippen LogP) is 10.3. The Morgan fingerprint density at radius 1 is 0.774 bits per heavy atom. The zero-order chi connectivity index (χ0) is 46.1. The highest BCUT2D eigenvalue weighted by atomic mass is 35.5. The van der Waals surface area contributed by atoms with Crippen LogP contribution < -0.4 is 20.1 Å². The number of nitrogens with one attached hydrogen (secondary N) is 2. The molecule has 16 nitrogen and oxygen atoms in total. The highest BCUT2D eigenvalue weighted by Gasteiger charge is 2.28. The lowest BCUT2D eigenvalue weighted by Gasteiger charge is -2.30. The van der Waals surface area contributed by atoms with Gasteiger partial charge in [0, 0.05) is 29.5 Å². The number of carbonyl (C=O) groups is 2. The summed E-state index contributed by atoms with van der Waals surface area (Å²) >= 11 is 6.46. The van der Waals surface area contributed by atoms with Crippen LogP contribution in [0, 0.1) is 6.92 Å².